The van der Waals surface area contributed by atoms with Gasteiger partial charge >= 0.3 is 0 Å². The fourth-order valence-electron chi connectivity index (χ4n) is 4.85. The Labute approximate surface area is 161 Å². The van der Waals surface area contributed by atoms with Crippen molar-refractivity contribution in [3.63, 3.8) is 0 Å². The second-order valence-corrected chi connectivity index (χ2v) is 8.78. The van der Waals surface area contributed by atoms with Crippen LogP contribution in [0.2, 0.25) is 0 Å². The lowest BCUT2D eigenvalue weighted by Gasteiger charge is -2.35. The Kier molecular flexibility index (Phi) is 10.0. The maximum absolute atomic E-state index is 9.67. The van der Waals surface area contributed by atoms with E-state index < -0.39 is 0 Å². The van der Waals surface area contributed by atoms with Gasteiger partial charge in [0.2, 0.25) is 0 Å². The number of ether oxygens (including phenoxy) is 2. The molecule has 0 radical (unpaired) electrons. The molecule has 0 saturated heterocycles. The standard InChI is InChI=1S/C23H41NO2/c1-3-5-6-7-15-23(18-24)16-13-22(14-17-23)26-19-25-21-11-9-20(8-4-2)10-12-21/h20-22H,3-17,19H2,1-2H3/t20-,21-,22-,23-. The summed E-state index contributed by atoms with van der Waals surface area (Å²) >= 11 is 0. The van der Waals surface area contributed by atoms with E-state index in [0.717, 1.165) is 38.0 Å². The maximum atomic E-state index is 9.67. The van der Waals surface area contributed by atoms with Gasteiger partial charge in [-0.2, -0.15) is 5.26 Å². The minimum atomic E-state index is -0.0773. The molecule has 0 atom stereocenters. The first kappa shape index (κ1) is 21.7. The van der Waals surface area contributed by atoms with E-state index in [4.69, 9.17) is 9.47 Å². The van der Waals surface area contributed by atoms with Crippen LogP contribution in [0, 0.1) is 22.7 Å². The number of nitrogens with zero attached hydrogens (tertiary/aromatic N) is 1. The first-order valence-corrected chi connectivity index (χ1v) is 11.4. The highest BCUT2D eigenvalue weighted by atomic mass is 16.7. The first-order chi connectivity index (χ1) is 12.7. The number of unbranched alkanes of at least 4 members (excludes halogenated alkanes) is 3. The van der Waals surface area contributed by atoms with Gasteiger partial charge in [0, 0.05) is 0 Å². The van der Waals surface area contributed by atoms with Crippen molar-refractivity contribution in [2.24, 2.45) is 11.3 Å². The molecule has 2 aliphatic rings. The molecule has 0 amide bonds. The van der Waals surface area contributed by atoms with E-state index in [2.05, 4.69) is 19.9 Å². The molecule has 0 aromatic heterocycles. The highest BCUT2D eigenvalue weighted by Crippen LogP contribution is 2.41. The molecule has 2 rings (SSSR count). The average Bonchev–Trinajstić information content (AvgIpc) is 2.68. The topological polar surface area (TPSA) is 42.2 Å². The Morgan fingerprint density at radius 1 is 0.846 bits per heavy atom. The lowest BCUT2D eigenvalue weighted by atomic mass is 9.71. The Hall–Kier alpha value is -0.590. The third-order valence-electron chi connectivity index (χ3n) is 6.73. The van der Waals surface area contributed by atoms with Gasteiger partial charge < -0.3 is 9.47 Å². The van der Waals surface area contributed by atoms with Crippen LogP contribution in [-0.2, 0) is 9.47 Å². The number of nitriles is 1. The molecule has 0 aromatic rings. The molecule has 0 aliphatic heterocycles. The third-order valence-corrected chi connectivity index (χ3v) is 6.73. The van der Waals surface area contributed by atoms with E-state index >= 15 is 0 Å². The monoisotopic (exact) mass is 363 g/mol. The van der Waals surface area contributed by atoms with Crippen LogP contribution >= 0.6 is 0 Å². The molecule has 0 heterocycles. The molecule has 0 N–H and O–H groups in total. The van der Waals surface area contributed by atoms with Gasteiger partial charge in [0.1, 0.15) is 6.79 Å². The van der Waals surface area contributed by atoms with Crippen LogP contribution in [-0.4, -0.2) is 19.0 Å². The molecule has 3 heteroatoms. The van der Waals surface area contributed by atoms with E-state index in [9.17, 15) is 5.26 Å². The van der Waals surface area contributed by atoms with Gasteiger partial charge in [-0.1, -0.05) is 52.4 Å². The summed E-state index contributed by atoms with van der Waals surface area (Å²) in [5.41, 5.74) is -0.0773. The van der Waals surface area contributed by atoms with Gasteiger partial charge in [0.05, 0.1) is 23.7 Å². The molecule has 0 unspecified atom stereocenters. The van der Waals surface area contributed by atoms with E-state index in [1.807, 2.05) is 0 Å². The van der Waals surface area contributed by atoms with Gasteiger partial charge in [-0.05, 0) is 63.7 Å². The van der Waals surface area contributed by atoms with Gasteiger partial charge in [-0.3, -0.25) is 0 Å². The zero-order valence-electron chi connectivity index (χ0n) is 17.3. The van der Waals surface area contributed by atoms with Crippen LogP contribution in [0.3, 0.4) is 0 Å². The van der Waals surface area contributed by atoms with Crippen molar-refractivity contribution in [1.82, 2.24) is 0 Å². The summed E-state index contributed by atoms with van der Waals surface area (Å²) in [7, 11) is 0. The summed E-state index contributed by atoms with van der Waals surface area (Å²) in [6, 6.07) is 2.65. The lowest BCUT2D eigenvalue weighted by Crippen LogP contribution is -2.31. The van der Waals surface area contributed by atoms with Crippen LogP contribution in [0.5, 0.6) is 0 Å². The van der Waals surface area contributed by atoms with Gasteiger partial charge in [0.25, 0.3) is 0 Å². The van der Waals surface area contributed by atoms with Crippen molar-refractivity contribution in [3.8, 4) is 6.07 Å². The van der Waals surface area contributed by atoms with Crippen molar-refractivity contribution in [3.05, 3.63) is 0 Å². The zero-order chi connectivity index (χ0) is 18.7. The molecule has 0 bridgehead atoms. The maximum Gasteiger partial charge on any atom is 0.147 e. The van der Waals surface area contributed by atoms with Gasteiger partial charge in [-0.15, -0.1) is 0 Å². The quantitative estimate of drug-likeness (QED) is 0.301. The molecule has 2 saturated carbocycles. The molecule has 2 aliphatic carbocycles. The van der Waals surface area contributed by atoms with Gasteiger partial charge in [0.15, 0.2) is 0 Å². The van der Waals surface area contributed by atoms with E-state index in [1.54, 1.807) is 0 Å². The van der Waals surface area contributed by atoms with E-state index in [1.165, 1.54) is 64.2 Å². The largest absolute Gasteiger partial charge is 0.352 e. The minimum absolute atomic E-state index is 0.0773. The van der Waals surface area contributed by atoms with Crippen LogP contribution in [0.15, 0.2) is 0 Å². The summed E-state index contributed by atoms with van der Waals surface area (Å²) < 4.78 is 12.0. The number of hydrogen-bond donors (Lipinski definition) is 0. The molecule has 2 fully saturated rings. The van der Waals surface area contributed by atoms with Crippen molar-refractivity contribution < 1.29 is 9.47 Å². The van der Waals surface area contributed by atoms with Crippen LogP contribution < -0.4 is 0 Å². The average molecular weight is 364 g/mol. The molecule has 0 aromatic carbocycles. The summed E-state index contributed by atoms with van der Waals surface area (Å²) in [6.45, 7) is 4.97. The molecular formula is C23H41NO2. The SMILES string of the molecule is CCCCCC[C@]1(C#N)CC[C@H](OCO[C@H]2CC[C@H](CCC)CC2)CC1. The Balaban J connectivity index is 1.58. The van der Waals surface area contributed by atoms with E-state index in [-0.39, 0.29) is 5.41 Å². The van der Waals surface area contributed by atoms with Crippen molar-refractivity contribution in [2.45, 2.75) is 122 Å². The summed E-state index contributed by atoms with van der Waals surface area (Å²) in [4.78, 5) is 0. The van der Waals surface area contributed by atoms with Crippen LogP contribution in [0.25, 0.3) is 0 Å². The number of hydrogen-bond acceptors (Lipinski definition) is 3. The molecular weight excluding hydrogens is 322 g/mol. The second kappa shape index (κ2) is 12.0. The predicted molar refractivity (Wildman–Crippen MR) is 107 cm³/mol. The Morgan fingerprint density at radius 3 is 2.08 bits per heavy atom. The van der Waals surface area contributed by atoms with E-state index in [0.29, 0.717) is 19.0 Å². The fraction of sp³-hybridized carbons (Fsp3) is 0.957. The van der Waals surface area contributed by atoms with Crippen molar-refractivity contribution in [2.75, 3.05) is 6.79 Å². The lowest BCUT2D eigenvalue weighted by molar-refractivity contribution is -0.137. The highest BCUT2D eigenvalue weighted by molar-refractivity contribution is 5.01. The van der Waals surface area contributed by atoms with Crippen molar-refractivity contribution >= 4 is 0 Å². The third kappa shape index (κ3) is 7.20. The minimum Gasteiger partial charge on any atom is -0.352 e. The normalized spacial score (nSPS) is 32.3. The smallest absolute Gasteiger partial charge is 0.147 e. The highest BCUT2D eigenvalue weighted by Gasteiger charge is 2.35. The first-order valence-electron chi connectivity index (χ1n) is 11.4. The van der Waals surface area contributed by atoms with Gasteiger partial charge in [-0.25, -0.2) is 0 Å². The van der Waals surface area contributed by atoms with Crippen LogP contribution in [0.4, 0.5) is 0 Å². The molecule has 3 nitrogen and oxygen atoms in total. The summed E-state index contributed by atoms with van der Waals surface area (Å²) in [6.07, 6.45) is 18.6. The summed E-state index contributed by atoms with van der Waals surface area (Å²) in [5, 5.41) is 9.67. The molecule has 0 spiro atoms. The van der Waals surface area contributed by atoms with Crippen LogP contribution in [0.1, 0.15) is 110 Å². The predicted octanol–water partition coefficient (Wildman–Crippen LogP) is 6.76. The molecule has 150 valence electrons. The zero-order valence-corrected chi connectivity index (χ0v) is 17.3. The van der Waals surface area contributed by atoms with Crippen molar-refractivity contribution in [1.29, 1.82) is 5.26 Å². The molecule has 26 heavy (non-hydrogen) atoms. The summed E-state index contributed by atoms with van der Waals surface area (Å²) in [5.74, 6) is 0.926. The fourth-order valence-corrected chi connectivity index (χ4v) is 4.85. The number of rotatable bonds is 11. The Morgan fingerprint density at radius 2 is 1.50 bits per heavy atom. The second-order valence-electron chi connectivity index (χ2n) is 8.78. The Bertz CT molecular complexity index is 401.